The number of amides is 1. The topological polar surface area (TPSA) is 50.8 Å². The third-order valence-corrected chi connectivity index (χ3v) is 6.44. The molecule has 1 N–H and O–H groups in total. The number of rotatable bonds is 6. The molecule has 0 saturated carbocycles. The molecule has 0 aromatic heterocycles. The number of nitrogens with one attached hydrogen (secondary N) is 1. The van der Waals surface area contributed by atoms with Gasteiger partial charge in [-0.15, -0.1) is 0 Å². The summed E-state index contributed by atoms with van der Waals surface area (Å²) in [5.74, 6) is -2.56. The van der Waals surface area contributed by atoms with Gasteiger partial charge in [-0.2, -0.15) is 13.2 Å². The minimum Gasteiger partial charge on any atom is -0.384 e. The fourth-order valence-corrected chi connectivity index (χ4v) is 4.75. The first-order valence-corrected chi connectivity index (χ1v) is 11.4. The average molecular weight is 483 g/mol. The van der Waals surface area contributed by atoms with E-state index in [-0.39, 0.29) is 13.1 Å². The highest BCUT2D eigenvalue weighted by atomic mass is 35.5. The number of hydrogen-bond acceptors (Lipinski definition) is 4. The summed E-state index contributed by atoms with van der Waals surface area (Å²) in [7, 11) is 0. The lowest BCUT2D eigenvalue weighted by Crippen LogP contribution is -2.42. The summed E-state index contributed by atoms with van der Waals surface area (Å²) in [5, 5.41) is 3.88. The molecule has 2 aromatic carbocycles. The number of anilines is 1. The molecule has 0 atom stereocenters. The van der Waals surface area contributed by atoms with Gasteiger partial charge in [0, 0.05) is 31.6 Å². The maximum absolute atomic E-state index is 12.9. The summed E-state index contributed by atoms with van der Waals surface area (Å²) >= 11 is 6.44. The predicted octanol–water partition coefficient (Wildman–Crippen LogP) is 4.92. The van der Waals surface area contributed by atoms with E-state index >= 15 is 0 Å². The van der Waals surface area contributed by atoms with Gasteiger partial charge < -0.3 is 19.7 Å². The van der Waals surface area contributed by atoms with E-state index in [4.69, 9.17) is 21.1 Å². The van der Waals surface area contributed by atoms with Crippen LogP contribution in [0.4, 0.5) is 18.9 Å². The van der Waals surface area contributed by atoms with E-state index in [2.05, 4.69) is 5.32 Å². The predicted molar refractivity (Wildman–Crippen MR) is 119 cm³/mol. The highest BCUT2D eigenvalue weighted by Crippen LogP contribution is 2.36. The van der Waals surface area contributed by atoms with Crippen LogP contribution in [0.2, 0.25) is 5.02 Å². The van der Waals surface area contributed by atoms with Gasteiger partial charge in [0.1, 0.15) is 0 Å². The largest absolute Gasteiger partial charge is 0.471 e. The molecule has 0 bridgehead atoms. The van der Waals surface area contributed by atoms with E-state index in [1.165, 1.54) is 0 Å². The second-order valence-corrected chi connectivity index (χ2v) is 8.60. The van der Waals surface area contributed by atoms with Gasteiger partial charge in [-0.05, 0) is 36.5 Å². The fraction of sp³-hybridized carbons (Fsp3) is 0.458. The lowest BCUT2D eigenvalue weighted by molar-refractivity contribution is -0.185. The maximum atomic E-state index is 12.9. The van der Waals surface area contributed by atoms with E-state index in [1.807, 2.05) is 36.4 Å². The number of hydrogen-bond donors (Lipinski definition) is 1. The molecule has 2 aliphatic rings. The summed E-state index contributed by atoms with van der Waals surface area (Å²) < 4.78 is 50.6. The van der Waals surface area contributed by atoms with Crippen LogP contribution >= 0.6 is 11.6 Å². The van der Waals surface area contributed by atoms with E-state index in [1.54, 1.807) is 6.07 Å². The Morgan fingerprint density at radius 3 is 2.45 bits per heavy atom. The Morgan fingerprint density at radius 1 is 1.06 bits per heavy atom. The summed E-state index contributed by atoms with van der Waals surface area (Å²) in [6, 6.07) is 13.4. The fourth-order valence-electron chi connectivity index (χ4n) is 4.51. The molecule has 33 heavy (non-hydrogen) atoms. The van der Waals surface area contributed by atoms with Crippen LogP contribution in [0.1, 0.15) is 29.5 Å². The van der Waals surface area contributed by atoms with E-state index in [0.29, 0.717) is 44.0 Å². The SMILES string of the molecule is O=C(N1CCc2ccc(Cl)c(NCCCC3(c4ccccc4)OCCO3)c2CC1)C(F)(F)F. The van der Waals surface area contributed by atoms with Crippen molar-refractivity contribution in [3.05, 3.63) is 64.2 Å². The van der Waals surface area contributed by atoms with Crippen LogP contribution in [0.3, 0.4) is 0 Å². The summed E-state index contributed by atoms with van der Waals surface area (Å²) in [6.07, 6.45) is -2.84. The highest BCUT2D eigenvalue weighted by molar-refractivity contribution is 6.33. The minimum absolute atomic E-state index is 0.000830. The van der Waals surface area contributed by atoms with E-state index in [0.717, 1.165) is 33.7 Å². The average Bonchev–Trinajstić information content (AvgIpc) is 3.18. The second-order valence-electron chi connectivity index (χ2n) is 8.20. The van der Waals surface area contributed by atoms with Gasteiger partial charge in [0.25, 0.3) is 0 Å². The maximum Gasteiger partial charge on any atom is 0.471 e. The van der Waals surface area contributed by atoms with Gasteiger partial charge in [-0.3, -0.25) is 4.79 Å². The lowest BCUT2D eigenvalue weighted by atomic mass is 9.99. The molecule has 0 radical (unpaired) electrons. The smallest absolute Gasteiger partial charge is 0.384 e. The van der Waals surface area contributed by atoms with Crippen molar-refractivity contribution in [2.24, 2.45) is 0 Å². The molecule has 1 amide bonds. The third-order valence-electron chi connectivity index (χ3n) is 6.12. The van der Waals surface area contributed by atoms with Gasteiger partial charge in [-0.25, -0.2) is 0 Å². The number of fused-ring (bicyclic) bond motifs is 1. The molecule has 178 valence electrons. The number of halogens is 4. The van der Waals surface area contributed by atoms with Gasteiger partial charge >= 0.3 is 12.1 Å². The standard InChI is InChI=1S/C24H26ClF3N2O3/c25-20-8-7-17-9-13-30(22(31)24(26,27)28)14-10-19(17)21(20)29-12-4-11-23(32-15-16-33-23)18-5-2-1-3-6-18/h1-3,5-8,29H,4,9-16H2. The molecule has 2 heterocycles. The van der Waals surface area contributed by atoms with Crippen LogP contribution in [-0.4, -0.2) is 49.8 Å². The van der Waals surface area contributed by atoms with Crippen LogP contribution < -0.4 is 5.32 Å². The molecule has 1 saturated heterocycles. The van der Waals surface area contributed by atoms with Crippen LogP contribution in [0.5, 0.6) is 0 Å². The molecular weight excluding hydrogens is 457 g/mol. The van der Waals surface area contributed by atoms with Gasteiger partial charge in [0.15, 0.2) is 5.79 Å². The van der Waals surface area contributed by atoms with Crippen molar-refractivity contribution in [1.29, 1.82) is 0 Å². The molecular formula is C24H26ClF3N2O3. The Balaban J connectivity index is 1.41. The number of benzene rings is 2. The first-order chi connectivity index (χ1) is 15.8. The van der Waals surface area contributed by atoms with Crippen molar-refractivity contribution in [1.82, 2.24) is 4.90 Å². The highest BCUT2D eigenvalue weighted by Gasteiger charge is 2.42. The van der Waals surface area contributed by atoms with Crippen molar-refractivity contribution in [2.75, 3.05) is 38.2 Å². The van der Waals surface area contributed by atoms with Crippen LogP contribution in [0.25, 0.3) is 0 Å². The Morgan fingerprint density at radius 2 is 1.76 bits per heavy atom. The second kappa shape index (κ2) is 9.91. The van der Waals surface area contributed by atoms with Crippen molar-refractivity contribution in [2.45, 2.75) is 37.6 Å². The summed E-state index contributed by atoms with van der Waals surface area (Å²) in [5.41, 5.74) is 3.47. The number of alkyl halides is 3. The van der Waals surface area contributed by atoms with Crippen molar-refractivity contribution in [3.63, 3.8) is 0 Å². The zero-order chi connectivity index (χ0) is 23.5. The van der Waals surface area contributed by atoms with Gasteiger partial charge in [-0.1, -0.05) is 48.0 Å². The molecule has 5 nitrogen and oxygen atoms in total. The quantitative estimate of drug-likeness (QED) is 0.594. The number of carbonyl (C=O) groups is 1. The molecule has 2 aromatic rings. The summed E-state index contributed by atoms with van der Waals surface area (Å²) in [6.45, 7) is 1.68. The van der Waals surface area contributed by atoms with Crippen LogP contribution in [0.15, 0.2) is 42.5 Å². The van der Waals surface area contributed by atoms with E-state index in [9.17, 15) is 18.0 Å². The molecule has 4 rings (SSSR count). The number of nitrogens with zero attached hydrogens (tertiary/aromatic N) is 1. The Kier molecular flexibility index (Phi) is 7.16. The van der Waals surface area contributed by atoms with Crippen LogP contribution in [0, 0.1) is 0 Å². The first-order valence-electron chi connectivity index (χ1n) is 11.0. The zero-order valence-corrected chi connectivity index (χ0v) is 18.8. The monoisotopic (exact) mass is 482 g/mol. The van der Waals surface area contributed by atoms with Crippen LogP contribution in [-0.2, 0) is 32.9 Å². The third kappa shape index (κ3) is 5.28. The normalized spacial score (nSPS) is 18.0. The van der Waals surface area contributed by atoms with E-state index < -0.39 is 17.9 Å². The number of ether oxygens (including phenoxy) is 2. The van der Waals surface area contributed by atoms with Gasteiger partial charge in [0.05, 0.1) is 23.9 Å². The zero-order valence-electron chi connectivity index (χ0n) is 18.1. The molecule has 0 aliphatic carbocycles. The molecule has 0 unspecified atom stereocenters. The van der Waals surface area contributed by atoms with Gasteiger partial charge in [0.2, 0.25) is 0 Å². The molecule has 9 heteroatoms. The van der Waals surface area contributed by atoms with Crippen molar-refractivity contribution < 1.29 is 27.4 Å². The minimum atomic E-state index is -4.87. The Hall–Kier alpha value is -2.29. The Labute approximate surface area is 195 Å². The van der Waals surface area contributed by atoms with Crippen molar-refractivity contribution in [3.8, 4) is 0 Å². The molecule has 0 spiro atoms. The Bertz CT molecular complexity index is 979. The first kappa shape index (κ1) is 23.9. The lowest BCUT2D eigenvalue weighted by Gasteiger charge is -2.28. The molecule has 1 fully saturated rings. The molecule has 2 aliphatic heterocycles. The summed E-state index contributed by atoms with van der Waals surface area (Å²) in [4.78, 5) is 12.6. The number of carbonyl (C=O) groups excluding carboxylic acids is 1. The van der Waals surface area contributed by atoms with Crippen molar-refractivity contribution >= 4 is 23.2 Å².